The molecule has 20 atom stereocenters. The Kier molecular flexibility index (Phi) is 19.7. The summed E-state index contributed by atoms with van der Waals surface area (Å²) in [7, 11) is 3.46. The molecule has 0 aromatic heterocycles. The molecule has 3 N–H and O–H groups in total. The zero-order valence-electron chi connectivity index (χ0n) is 44.2. The highest BCUT2D eigenvalue weighted by Crippen LogP contribution is 2.47. The van der Waals surface area contributed by atoms with Gasteiger partial charge in [-0.3, -0.25) is 4.79 Å². The number of allylic oxidation sites excluding steroid dienone is 2. The average molecular weight is 984 g/mol. The maximum Gasteiger partial charge on any atom is 0.316 e. The summed E-state index contributed by atoms with van der Waals surface area (Å²) >= 11 is 0. The number of nitrogens with one attached hydrogen (secondary N) is 1. The van der Waals surface area contributed by atoms with Gasteiger partial charge in [0, 0.05) is 51.7 Å². The van der Waals surface area contributed by atoms with Crippen LogP contribution >= 0.6 is 0 Å². The number of fused-ring (bicyclic) bond motifs is 2. The first kappa shape index (κ1) is 55.4. The molecule has 1 unspecified atom stereocenters. The molecule has 14 nitrogen and oxygen atoms in total. The molecule has 0 amide bonds. The van der Waals surface area contributed by atoms with E-state index >= 15 is 0 Å². The Morgan fingerprint density at radius 1 is 0.857 bits per heavy atom. The van der Waals surface area contributed by atoms with Crippen molar-refractivity contribution in [3.8, 4) is 0 Å². The van der Waals surface area contributed by atoms with Crippen molar-refractivity contribution in [1.29, 1.82) is 0 Å². The van der Waals surface area contributed by atoms with Crippen LogP contribution in [0.3, 0.4) is 0 Å². The lowest BCUT2D eigenvalue weighted by molar-refractivity contribution is -0.312. The number of rotatable bonds is 16. The maximum absolute atomic E-state index is 14.4. The molecule has 6 aliphatic heterocycles. The third kappa shape index (κ3) is 12.6. The van der Waals surface area contributed by atoms with Crippen LogP contribution in [0.4, 0.5) is 0 Å². The number of aliphatic hydroxyl groups is 2. The van der Waals surface area contributed by atoms with E-state index in [0.717, 1.165) is 25.0 Å². The van der Waals surface area contributed by atoms with Crippen LogP contribution < -0.4 is 5.32 Å². The first-order valence-corrected chi connectivity index (χ1v) is 27.0. The molecule has 6 heterocycles. The zero-order chi connectivity index (χ0) is 50.3. The van der Waals surface area contributed by atoms with Crippen LogP contribution in [-0.4, -0.2) is 141 Å². The van der Waals surface area contributed by atoms with E-state index < -0.39 is 66.4 Å². The number of aliphatic hydroxyl groups excluding tert-OH is 1. The van der Waals surface area contributed by atoms with Crippen molar-refractivity contribution in [2.45, 2.75) is 237 Å². The fraction of sp³-hybridized carbons (Fsp3) is 0.804. The van der Waals surface area contributed by atoms with Gasteiger partial charge in [0.15, 0.2) is 18.4 Å². The first-order valence-electron chi connectivity index (χ1n) is 27.0. The summed E-state index contributed by atoms with van der Waals surface area (Å²) in [5, 5.41) is 27.6. The smallest absolute Gasteiger partial charge is 0.316 e. The molecule has 7 rings (SSSR count). The third-order valence-corrected chi connectivity index (χ3v) is 16.5. The van der Waals surface area contributed by atoms with Gasteiger partial charge in [-0.25, -0.2) is 0 Å². The van der Waals surface area contributed by atoms with E-state index in [1.807, 2.05) is 25.2 Å². The second-order valence-corrected chi connectivity index (χ2v) is 21.7. The van der Waals surface area contributed by atoms with Crippen LogP contribution in [-0.2, 0) is 52.2 Å². The highest BCUT2D eigenvalue weighted by atomic mass is 16.7. The summed E-state index contributed by atoms with van der Waals surface area (Å²) in [6, 6.07) is 0.0633. The fourth-order valence-electron chi connectivity index (χ4n) is 12.0. The van der Waals surface area contributed by atoms with E-state index in [2.05, 4.69) is 65.9 Å². The summed E-state index contributed by atoms with van der Waals surface area (Å²) in [5.41, 5.74) is 0.188. The Morgan fingerprint density at radius 2 is 1.57 bits per heavy atom. The highest BCUT2D eigenvalue weighted by molar-refractivity contribution is 5.78. The van der Waals surface area contributed by atoms with Gasteiger partial charge in [0.2, 0.25) is 0 Å². The molecule has 0 saturated carbocycles. The number of unbranched alkanes of at least 4 members (excludes halogenated alkanes) is 5. The monoisotopic (exact) mass is 984 g/mol. The first-order chi connectivity index (χ1) is 33.5. The number of methoxy groups -OCH3 is 2. The summed E-state index contributed by atoms with van der Waals surface area (Å²) in [6.07, 6.45) is 18.3. The molecule has 1 spiro atoms. The minimum atomic E-state index is -1.83. The van der Waals surface area contributed by atoms with Gasteiger partial charge in [0.05, 0.1) is 55.4 Å². The van der Waals surface area contributed by atoms with E-state index in [4.69, 9.17) is 47.4 Å². The second kappa shape index (κ2) is 24.8. The summed E-state index contributed by atoms with van der Waals surface area (Å²) in [6.45, 7) is 19.7. The Morgan fingerprint density at radius 3 is 2.31 bits per heavy atom. The normalized spacial score (nSPS) is 44.9. The summed E-state index contributed by atoms with van der Waals surface area (Å²) in [5.74, 6) is -2.52. The number of ether oxygens (including phenoxy) is 10. The Hall–Kier alpha value is -2.31. The van der Waals surface area contributed by atoms with Crippen LogP contribution in [0.2, 0.25) is 0 Å². The predicted molar refractivity (Wildman–Crippen MR) is 266 cm³/mol. The molecule has 70 heavy (non-hydrogen) atoms. The summed E-state index contributed by atoms with van der Waals surface area (Å²) in [4.78, 5) is 14.4. The second-order valence-electron chi connectivity index (χ2n) is 21.7. The van der Waals surface area contributed by atoms with Crippen LogP contribution in [0.1, 0.15) is 139 Å². The molecule has 14 heteroatoms. The van der Waals surface area contributed by atoms with Crippen molar-refractivity contribution >= 4 is 5.97 Å². The largest absolute Gasteiger partial charge is 0.462 e. The molecule has 0 aromatic rings. The molecule has 396 valence electrons. The minimum Gasteiger partial charge on any atom is -0.462 e. The topological polar surface area (TPSA) is 162 Å². The number of esters is 1. The Bertz CT molecular complexity index is 1870. The van der Waals surface area contributed by atoms with Crippen LogP contribution in [0.5, 0.6) is 0 Å². The van der Waals surface area contributed by atoms with Crippen molar-refractivity contribution in [2.24, 2.45) is 23.7 Å². The molecule has 7 aliphatic rings. The molecular formula is C56H89NO13. The van der Waals surface area contributed by atoms with Gasteiger partial charge in [-0.05, 0) is 75.8 Å². The molecule has 2 bridgehead atoms. The van der Waals surface area contributed by atoms with E-state index in [1.165, 1.54) is 32.1 Å². The Labute approximate surface area is 419 Å². The molecular weight excluding hydrogens is 895 g/mol. The quantitative estimate of drug-likeness (QED) is 0.0769. The Balaban J connectivity index is 1.10. The third-order valence-electron chi connectivity index (χ3n) is 16.5. The van der Waals surface area contributed by atoms with Crippen LogP contribution in [0, 0.1) is 23.7 Å². The standard InChI is InChI=1S/C56H89NO13/c1-12-14-15-16-17-18-26-57-48-38(8)64-46(29-44(48)61-10)68-52-39(9)65-47(30-45(52)62-11)67-50-34(4)20-19-21-40-32-63-53-49(58)37(7)27-43(56(40,53)60)54(59)66-42-28-41(23-22-35(50)5)69-55(31-42)25-24-36(6)51(70-55)33(3)13-2/h19-22,24-25,27,33-34,36,38-39,41-53,57-58,60H,12-18,23,26,28-32H2,1-11H3/b20-19+,35-22+,40-21+/t33?,34-,36-,38-,39-,41+,42-,43-,44-,45-,46-,47-,48+,49+,50-,51+,52-,53+,55+,56+/m0/s1. The van der Waals surface area contributed by atoms with Crippen LogP contribution in [0.15, 0.2) is 59.3 Å². The lowest BCUT2D eigenvalue weighted by Gasteiger charge is -2.48. The van der Waals surface area contributed by atoms with E-state index in [0.29, 0.717) is 43.3 Å². The van der Waals surface area contributed by atoms with Crippen LogP contribution in [0.25, 0.3) is 0 Å². The van der Waals surface area contributed by atoms with Crippen molar-refractivity contribution < 1.29 is 62.4 Å². The number of carbonyl (C=O) groups is 1. The maximum atomic E-state index is 14.4. The predicted octanol–water partition coefficient (Wildman–Crippen LogP) is 8.34. The fourth-order valence-corrected chi connectivity index (χ4v) is 12.0. The van der Waals surface area contributed by atoms with Crippen molar-refractivity contribution in [1.82, 2.24) is 5.32 Å². The summed E-state index contributed by atoms with van der Waals surface area (Å²) < 4.78 is 65.5. The van der Waals surface area contributed by atoms with Gasteiger partial charge in [-0.2, -0.15) is 0 Å². The molecule has 0 aromatic carbocycles. The zero-order valence-corrected chi connectivity index (χ0v) is 44.2. The molecule has 4 fully saturated rings. The van der Waals surface area contributed by atoms with Crippen molar-refractivity contribution in [3.63, 3.8) is 0 Å². The lowest BCUT2D eigenvalue weighted by Crippen LogP contribution is -2.58. The van der Waals surface area contributed by atoms with E-state index in [9.17, 15) is 15.0 Å². The van der Waals surface area contributed by atoms with Gasteiger partial charge < -0.3 is 62.9 Å². The molecule has 4 saturated heterocycles. The average Bonchev–Trinajstić information content (AvgIpc) is 3.68. The highest BCUT2D eigenvalue weighted by Gasteiger charge is 2.60. The SMILES string of the molecule is CCCCCCCCN[C@@H]1[C@H](C)O[C@@H](O[C@H]2[C@H](C)O[C@@H](O[C@@H]3/C(C)=C/C[C@@H]4C[C@@H](C[C@]5(C=C[C@H](C)[C@@H](C(C)CC)O5)O4)OC(=O)[C@@H]4C=C(C)[C@@H](O)[C@H]5OC/C(=C\C=C\[C@@H]3C)[C@]54O)C[C@@H]2OC)C[C@@H]1OC. The van der Waals surface area contributed by atoms with Crippen molar-refractivity contribution in [3.05, 3.63) is 59.3 Å². The van der Waals surface area contributed by atoms with Crippen molar-refractivity contribution in [2.75, 3.05) is 27.4 Å². The lowest BCUT2D eigenvalue weighted by atomic mass is 9.71. The van der Waals surface area contributed by atoms with Gasteiger partial charge in [0.25, 0.3) is 0 Å². The van der Waals surface area contributed by atoms with E-state index in [-0.39, 0.29) is 67.0 Å². The molecule has 1 aliphatic carbocycles. The van der Waals surface area contributed by atoms with Gasteiger partial charge in [-0.1, -0.05) is 110 Å². The van der Waals surface area contributed by atoms with E-state index in [1.54, 1.807) is 33.3 Å². The number of carbonyl (C=O) groups excluding carboxylic acids is 1. The minimum absolute atomic E-state index is 0.0418. The van der Waals surface area contributed by atoms with Gasteiger partial charge in [0.1, 0.15) is 35.9 Å². The number of hydrogen-bond acceptors (Lipinski definition) is 14. The van der Waals surface area contributed by atoms with Gasteiger partial charge >= 0.3 is 5.97 Å². The molecule has 0 radical (unpaired) electrons. The van der Waals surface area contributed by atoms with Gasteiger partial charge in [-0.15, -0.1) is 0 Å². The number of hydrogen-bond donors (Lipinski definition) is 3.